The summed E-state index contributed by atoms with van der Waals surface area (Å²) in [5.74, 6) is 0.313. The monoisotopic (exact) mass is 433 g/mol. The molecule has 30 heavy (non-hydrogen) atoms. The van der Waals surface area contributed by atoms with Gasteiger partial charge in [0.15, 0.2) is 9.84 Å². The maximum atomic E-state index is 13.6. The van der Waals surface area contributed by atoms with E-state index in [0.29, 0.717) is 11.3 Å². The van der Waals surface area contributed by atoms with Gasteiger partial charge in [-0.1, -0.05) is 32.9 Å². The van der Waals surface area contributed by atoms with Gasteiger partial charge in [0.25, 0.3) is 0 Å². The van der Waals surface area contributed by atoms with Crippen LogP contribution in [0.1, 0.15) is 64.0 Å². The third kappa shape index (κ3) is 3.22. The van der Waals surface area contributed by atoms with Crippen LogP contribution in [0.2, 0.25) is 0 Å². The number of carbonyl (C=O) groups is 1. The fourth-order valence-corrected chi connectivity index (χ4v) is 7.27. The molecule has 0 spiro atoms. The van der Waals surface area contributed by atoms with Gasteiger partial charge in [0.1, 0.15) is 0 Å². The smallest absolute Gasteiger partial charge is 0.225 e. The number of amides is 1. The van der Waals surface area contributed by atoms with E-state index in [1.54, 1.807) is 13.2 Å². The number of nitrogens with zero attached hydrogens (tertiary/aromatic N) is 1. The van der Waals surface area contributed by atoms with Crippen molar-refractivity contribution in [3.63, 3.8) is 0 Å². The van der Waals surface area contributed by atoms with E-state index in [0.717, 1.165) is 49.8 Å². The molecule has 1 heterocycles. The van der Waals surface area contributed by atoms with E-state index in [4.69, 9.17) is 4.74 Å². The lowest BCUT2D eigenvalue weighted by atomic mass is 9.51. The van der Waals surface area contributed by atoms with Gasteiger partial charge in [0, 0.05) is 37.3 Å². The highest BCUT2D eigenvalue weighted by Crippen LogP contribution is 2.57. The van der Waals surface area contributed by atoms with Crippen LogP contribution >= 0.6 is 0 Å². The molecule has 1 aromatic carbocycles. The molecule has 0 radical (unpaired) electrons. The molecular weight excluding hydrogens is 398 g/mol. The lowest BCUT2D eigenvalue weighted by Gasteiger charge is -2.61. The van der Waals surface area contributed by atoms with E-state index in [2.05, 4.69) is 31.7 Å². The van der Waals surface area contributed by atoms with Crippen molar-refractivity contribution in [3.8, 4) is 0 Å². The number of ether oxygens (including phenoxy) is 1. The number of sulfone groups is 1. The normalized spacial score (nSPS) is 33.1. The Morgan fingerprint density at radius 2 is 1.80 bits per heavy atom. The molecule has 2 aliphatic carbocycles. The minimum absolute atomic E-state index is 0.0132. The lowest BCUT2D eigenvalue weighted by Crippen LogP contribution is -2.65. The number of rotatable bonds is 3. The van der Waals surface area contributed by atoms with Crippen LogP contribution < -0.4 is 0 Å². The first kappa shape index (κ1) is 21.8. The van der Waals surface area contributed by atoms with E-state index < -0.39 is 9.84 Å². The zero-order valence-corrected chi connectivity index (χ0v) is 19.7. The van der Waals surface area contributed by atoms with Crippen molar-refractivity contribution < 1.29 is 17.9 Å². The molecule has 3 aliphatic rings. The molecule has 166 valence electrons. The summed E-state index contributed by atoms with van der Waals surface area (Å²) in [6.45, 7) is 7.52. The van der Waals surface area contributed by atoms with Crippen LogP contribution in [0.15, 0.2) is 23.1 Å². The molecule has 0 aromatic heterocycles. The topological polar surface area (TPSA) is 63.7 Å². The van der Waals surface area contributed by atoms with E-state index in [1.165, 1.54) is 6.26 Å². The van der Waals surface area contributed by atoms with Gasteiger partial charge in [-0.2, -0.15) is 0 Å². The molecule has 1 aliphatic heterocycles. The summed E-state index contributed by atoms with van der Waals surface area (Å²) in [7, 11) is -1.57. The Bertz CT molecular complexity index is 946. The van der Waals surface area contributed by atoms with Crippen molar-refractivity contribution in [1.82, 2.24) is 4.90 Å². The van der Waals surface area contributed by atoms with Crippen molar-refractivity contribution in [1.29, 1.82) is 0 Å². The second kappa shape index (κ2) is 7.33. The Morgan fingerprint density at radius 3 is 2.40 bits per heavy atom. The predicted octanol–water partition coefficient (Wildman–Crippen LogP) is 3.74. The molecule has 2 fully saturated rings. The van der Waals surface area contributed by atoms with Crippen LogP contribution in [0.3, 0.4) is 0 Å². The molecule has 6 heteroatoms. The molecule has 0 N–H and O–H groups in total. The maximum Gasteiger partial charge on any atom is 0.225 e. The van der Waals surface area contributed by atoms with Gasteiger partial charge in [-0.15, -0.1) is 0 Å². The molecule has 1 aromatic rings. The fourth-order valence-electron chi connectivity index (χ4n) is 6.30. The van der Waals surface area contributed by atoms with Crippen molar-refractivity contribution in [2.24, 2.45) is 11.3 Å². The van der Waals surface area contributed by atoms with Gasteiger partial charge in [0.05, 0.1) is 11.0 Å². The molecule has 0 unspecified atom stereocenters. The first-order valence-electron chi connectivity index (χ1n) is 11.2. The third-order valence-electron chi connectivity index (χ3n) is 8.65. The molecule has 2 bridgehead atoms. The average molecular weight is 434 g/mol. The highest BCUT2D eigenvalue weighted by atomic mass is 32.2. The summed E-state index contributed by atoms with van der Waals surface area (Å²) in [6, 6.07) is 5.72. The van der Waals surface area contributed by atoms with Crippen LogP contribution in [-0.4, -0.2) is 51.3 Å². The number of likely N-dealkylation sites (tertiary alicyclic amines) is 1. The van der Waals surface area contributed by atoms with Crippen LogP contribution in [0.25, 0.3) is 0 Å². The Hall–Kier alpha value is -1.40. The molecule has 1 amide bonds. The van der Waals surface area contributed by atoms with Gasteiger partial charge in [-0.3, -0.25) is 4.79 Å². The first-order chi connectivity index (χ1) is 14.0. The predicted molar refractivity (Wildman–Crippen MR) is 117 cm³/mol. The summed E-state index contributed by atoms with van der Waals surface area (Å²) in [5, 5.41) is 0. The summed E-state index contributed by atoms with van der Waals surface area (Å²) in [4.78, 5) is 16.1. The third-order valence-corrected chi connectivity index (χ3v) is 9.83. The minimum atomic E-state index is -3.32. The maximum absolute atomic E-state index is 13.6. The number of carbonyl (C=O) groups excluding carboxylic acids is 1. The summed E-state index contributed by atoms with van der Waals surface area (Å²) < 4.78 is 30.5. The quantitative estimate of drug-likeness (QED) is 0.729. The van der Waals surface area contributed by atoms with E-state index in [9.17, 15) is 13.2 Å². The standard InChI is InChI=1S/C24H35NO4S/c1-23(2)21-15-18-19(7-6-8-20(18)30(5,27)28)24(23,3)13-14-25(21)22(26)16-9-11-17(29-4)12-10-16/h6-8,16-17,21H,9-15H2,1-5H3/t16?,17?,21-,24+/m0/s1. The molecule has 2 atom stereocenters. The van der Waals surface area contributed by atoms with Gasteiger partial charge in [-0.25, -0.2) is 8.42 Å². The Balaban J connectivity index is 1.71. The van der Waals surface area contributed by atoms with Crippen LogP contribution in [0.4, 0.5) is 0 Å². The SMILES string of the molecule is COC1CCC(C(=O)N2CC[C@]3(C)c4cccc(S(C)(=O)=O)c4C[C@H]2C3(C)C)CC1. The minimum Gasteiger partial charge on any atom is -0.381 e. The number of hydrogen-bond donors (Lipinski definition) is 0. The lowest BCUT2D eigenvalue weighted by molar-refractivity contribution is -0.150. The second-order valence-electron chi connectivity index (χ2n) is 10.3. The second-order valence-corrected chi connectivity index (χ2v) is 12.3. The van der Waals surface area contributed by atoms with Crippen molar-refractivity contribution in [2.45, 2.75) is 81.8 Å². The van der Waals surface area contributed by atoms with E-state index in [-0.39, 0.29) is 34.8 Å². The largest absolute Gasteiger partial charge is 0.381 e. The summed E-state index contributed by atoms with van der Waals surface area (Å²) in [5.41, 5.74) is 1.79. The summed E-state index contributed by atoms with van der Waals surface area (Å²) >= 11 is 0. The van der Waals surface area contributed by atoms with Crippen molar-refractivity contribution in [2.75, 3.05) is 19.9 Å². The van der Waals surface area contributed by atoms with Gasteiger partial charge >= 0.3 is 0 Å². The molecule has 4 rings (SSSR count). The number of piperidine rings is 1. The Kier molecular flexibility index (Phi) is 5.33. The zero-order valence-electron chi connectivity index (χ0n) is 18.9. The zero-order chi connectivity index (χ0) is 21.9. The van der Waals surface area contributed by atoms with Gasteiger partial charge < -0.3 is 9.64 Å². The van der Waals surface area contributed by atoms with Gasteiger partial charge in [0.2, 0.25) is 5.91 Å². The van der Waals surface area contributed by atoms with Crippen molar-refractivity contribution >= 4 is 15.7 Å². The average Bonchev–Trinajstić information content (AvgIpc) is 2.69. The highest BCUT2D eigenvalue weighted by Gasteiger charge is 2.57. The molecular formula is C24H35NO4S. The number of benzene rings is 1. The van der Waals surface area contributed by atoms with E-state index >= 15 is 0 Å². The first-order valence-corrected chi connectivity index (χ1v) is 13.1. The number of fused-ring (bicyclic) bond motifs is 4. The highest BCUT2D eigenvalue weighted by molar-refractivity contribution is 7.90. The summed E-state index contributed by atoms with van der Waals surface area (Å²) in [6.07, 6.45) is 6.66. The molecule has 1 saturated carbocycles. The van der Waals surface area contributed by atoms with Crippen LogP contribution in [-0.2, 0) is 31.2 Å². The van der Waals surface area contributed by atoms with Crippen molar-refractivity contribution in [3.05, 3.63) is 29.3 Å². The van der Waals surface area contributed by atoms with Crippen LogP contribution in [0, 0.1) is 11.3 Å². The number of hydrogen-bond acceptors (Lipinski definition) is 4. The van der Waals surface area contributed by atoms with Crippen LogP contribution in [0.5, 0.6) is 0 Å². The fraction of sp³-hybridized carbons (Fsp3) is 0.708. The Labute approximate surface area is 181 Å². The van der Waals surface area contributed by atoms with Gasteiger partial charge in [-0.05, 0) is 61.1 Å². The molecule has 1 saturated heterocycles. The molecule has 5 nitrogen and oxygen atoms in total. The van der Waals surface area contributed by atoms with E-state index in [1.807, 2.05) is 6.07 Å². The Morgan fingerprint density at radius 1 is 1.13 bits per heavy atom. The number of methoxy groups -OCH3 is 1.